The minimum atomic E-state index is -0.996. The highest BCUT2D eigenvalue weighted by Gasteiger charge is 2.31. The first kappa shape index (κ1) is 24.2. The topological polar surface area (TPSA) is 99.1 Å². The number of para-hydroxylation sites is 1. The summed E-state index contributed by atoms with van der Waals surface area (Å²) in [5, 5.41) is 7.18. The van der Waals surface area contributed by atoms with Gasteiger partial charge in [0, 0.05) is 6.92 Å². The van der Waals surface area contributed by atoms with Crippen molar-refractivity contribution < 1.29 is 18.5 Å². The fourth-order valence-electron chi connectivity index (χ4n) is 4.52. The van der Waals surface area contributed by atoms with Crippen molar-refractivity contribution in [3.05, 3.63) is 93.7 Å². The van der Waals surface area contributed by atoms with Gasteiger partial charge in [-0.25, -0.2) is 13.8 Å². The molecule has 1 N–H and O–H groups in total. The summed E-state index contributed by atoms with van der Waals surface area (Å²) in [5.74, 6) is -1.02. The van der Waals surface area contributed by atoms with Crippen LogP contribution in [-0.4, -0.2) is 26.1 Å². The molecule has 0 aliphatic heterocycles. The van der Waals surface area contributed by atoms with E-state index >= 15 is 0 Å². The maximum Gasteiger partial charge on any atom is 0.335 e. The lowest BCUT2D eigenvalue weighted by Gasteiger charge is -2.24. The molecule has 37 heavy (non-hydrogen) atoms. The van der Waals surface area contributed by atoms with Gasteiger partial charge in [-0.2, -0.15) is 0 Å². The number of carbonyl (C=O) groups is 2. The molecule has 0 unspecified atom stereocenters. The largest absolute Gasteiger partial charge is 0.354 e. The number of amides is 2. The van der Waals surface area contributed by atoms with Crippen molar-refractivity contribution in [2.24, 2.45) is 0 Å². The second kappa shape index (κ2) is 8.85. The summed E-state index contributed by atoms with van der Waals surface area (Å²) in [4.78, 5) is 37.8. The van der Waals surface area contributed by atoms with E-state index in [2.05, 4.69) is 10.5 Å². The van der Waals surface area contributed by atoms with Crippen molar-refractivity contribution in [1.82, 2.24) is 19.6 Å². The minimum Gasteiger partial charge on any atom is -0.354 e. The molecule has 0 aliphatic rings. The van der Waals surface area contributed by atoms with Crippen molar-refractivity contribution >= 4 is 33.8 Å². The Balaban J connectivity index is 1.63. The van der Waals surface area contributed by atoms with E-state index in [1.54, 1.807) is 32.0 Å². The molecule has 2 aromatic heterocycles. The average Bonchev–Trinajstić information content (AvgIpc) is 3.38. The van der Waals surface area contributed by atoms with Crippen LogP contribution in [-0.2, 0) is 21.5 Å². The highest BCUT2D eigenvalue weighted by molar-refractivity contribution is 5.99. The number of imide groups is 1. The van der Waals surface area contributed by atoms with E-state index in [9.17, 15) is 18.8 Å². The smallest absolute Gasteiger partial charge is 0.335 e. The van der Waals surface area contributed by atoms with Crippen LogP contribution in [0.3, 0.4) is 0 Å². The van der Waals surface area contributed by atoms with Crippen molar-refractivity contribution in [2.45, 2.75) is 39.7 Å². The fraction of sp³-hybridized carbons (Fsp3) is 0.214. The molecule has 5 aromatic rings. The van der Waals surface area contributed by atoms with Gasteiger partial charge >= 0.3 is 5.69 Å². The van der Waals surface area contributed by atoms with Crippen LogP contribution in [0, 0.1) is 12.7 Å². The molecular formula is C28H25FN4O4. The molecule has 0 bridgehead atoms. The fourth-order valence-corrected chi connectivity index (χ4v) is 4.52. The molecule has 3 aromatic carbocycles. The van der Waals surface area contributed by atoms with Gasteiger partial charge in [0.15, 0.2) is 11.4 Å². The van der Waals surface area contributed by atoms with Gasteiger partial charge in [0.2, 0.25) is 11.8 Å². The van der Waals surface area contributed by atoms with Gasteiger partial charge in [-0.05, 0) is 61.7 Å². The van der Waals surface area contributed by atoms with Crippen LogP contribution in [0.4, 0.5) is 4.39 Å². The molecule has 8 nitrogen and oxygen atoms in total. The summed E-state index contributed by atoms with van der Waals surface area (Å²) < 4.78 is 22.8. The molecule has 0 saturated carbocycles. The molecule has 9 heteroatoms. The minimum absolute atomic E-state index is 0.124. The van der Waals surface area contributed by atoms with Crippen LogP contribution in [0.2, 0.25) is 0 Å². The number of hydrogen-bond donors (Lipinski definition) is 1. The second-order valence-electron chi connectivity index (χ2n) is 9.63. The predicted octanol–water partition coefficient (Wildman–Crippen LogP) is 4.37. The van der Waals surface area contributed by atoms with Gasteiger partial charge in [0.05, 0.1) is 28.4 Å². The zero-order chi connectivity index (χ0) is 26.5. The molecular weight excluding hydrogens is 475 g/mol. The second-order valence-corrected chi connectivity index (χ2v) is 9.63. The number of hydrogen-bond acceptors (Lipinski definition) is 5. The molecule has 0 fully saturated rings. The van der Waals surface area contributed by atoms with E-state index in [0.29, 0.717) is 33.4 Å². The summed E-state index contributed by atoms with van der Waals surface area (Å²) in [6.45, 7) is 6.73. The summed E-state index contributed by atoms with van der Waals surface area (Å²) in [7, 11) is 0. The Morgan fingerprint density at radius 2 is 1.81 bits per heavy atom. The summed E-state index contributed by atoms with van der Waals surface area (Å²) in [6, 6.07) is 16.9. The number of rotatable bonds is 5. The summed E-state index contributed by atoms with van der Waals surface area (Å²) in [5.41, 5.74) is 2.34. The van der Waals surface area contributed by atoms with Crippen LogP contribution >= 0.6 is 0 Å². The van der Waals surface area contributed by atoms with Crippen molar-refractivity contribution in [3.63, 3.8) is 0 Å². The molecule has 2 amide bonds. The molecule has 0 atom stereocenters. The molecule has 0 saturated heterocycles. The number of benzene rings is 3. The van der Waals surface area contributed by atoms with Gasteiger partial charge in [-0.3, -0.25) is 19.5 Å². The van der Waals surface area contributed by atoms with Gasteiger partial charge in [-0.1, -0.05) is 41.6 Å². The zero-order valence-corrected chi connectivity index (χ0v) is 20.8. The Kier molecular flexibility index (Phi) is 5.78. The monoisotopic (exact) mass is 500 g/mol. The number of aromatic nitrogens is 3. The van der Waals surface area contributed by atoms with Crippen LogP contribution in [0.1, 0.15) is 37.5 Å². The van der Waals surface area contributed by atoms with E-state index in [-0.39, 0.29) is 6.54 Å². The molecule has 0 radical (unpaired) electrons. The lowest BCUT2D eigenvalue weighted by Crippen LogP contribution is -2.42. The SMILES string of the molecule is CC(=O)NC(=O)C(C)(C)c1cccc(Cn2c(=O)n(-c3noc4c(C)cccc34)c3ccc(F)cc32)c1. The number of halogens is 1. The van der Waals surface area contributed by atoms with Gasteiger partial charge in [-0.15, -0.1) is 0 Å². The van der Waals surface area contributed by atoms with E-state index < -0.39 is 28.7 Å². The normalized spacial score (nSPS) is 11.8. The van der Waals surface area contributed by atoms with Gasteiger partial charge in [0.25, 0.3) is 0 Å². The van der Waals surface area contributed by atoms with E-state index in [1.165, 1.54) is 28.2 Å². The highest BCUT2D eigenvalue weighted by Crippen LogP contribution is 2.28. The average molecular weight is 501 g/mol. The first-order valence-electron chi connectivity index (χ1n) is 11.8. The lowest BCUT2D eigenvalue weighted by atomic mass is 9.83. The van der Waals surface area contributed by atoms with Gasteiger partial charge < -0.3 is 4.52 Å². The highest BCUT2D eigenvalue weighted by atomic mass is 19.1. The Morgan fingerprint density at radius 1 is 1.05 bits per heavy atom. The Morgan fingerprint density at radius 3 is 2.57 bits per heavy atom. The number of imidazole rings is 1. The van der Waals surface area contributed by atoms with Crippen LogP contribution in [0.15, 0.2) is 70.0 Å². The quantitative estimate of drug-likeness (QED) is 0.386. The maximum atomic E-state index is 14.3. The predicted molar refractivity (Wildman–Crippen MR) is 137 cm³/mol. The first-order valence-corrected chi connectivity index (χ1v) is 11.8. The van der Waals surface area contributed by atoms with E-state index in [0.717, 1.165) is 11.1 Å². The maximum absolute atomic E-state index is 14.3. The first-order chi connectivity index (χ1) is 17.6. The molecule has 0 aliphatic carbocycles. The Labute approximate surface area is 211 Å². The van der Waals surface area contributed by atoms with Gasteiger partial charge in [0.1, 0.15) is 5.82 Å². The van der Waals surface area contributed by atoms with Crippen molar-refractivity contribution in [2.75, 3.05) is 0 Å². The number of nitrogens with zero attached hydrogens (tertiary/aromatic N) is 3. The third-order valence-corrected chi connectivity index (χ3v) is 6.63. The molecule has 2 heterocycles. The lowest BCUT2D eigenvalue weighted by molar-refractivity contribution is -0.132. The standard InChI is InChI=1S/C28H25FN4O4/c1-16-7-5-10-21-24(16)37-31-25(21)33-22-12-11-20(29)14-23(22)32(27(33)36)15-18-8-6-9-19(13-18)28(3,4)26(35)30-17(2)34/h5-14H,15H2,1-4H3,(H,30,34,35). The Hall–Kier alpha value is -4.53. The number of nitrogens with one attached hydrogen (secondary N) is 1. The van der Waals surface area contributed by atoms with E-state index in [4.69, 9.17) is 4.52 Å². The van der Waals surface area contributed by atoms with Crippen molar-refractivity contribution in [3.8, 4) is 5.82 Å². The number of carbonyl (C=O) groups excluding carboxylic acids is 2. The molecule has 5 rings (SSSR count). The number of fused-ring (bicyclic) bond motifs is 2. The zero-order valence-electron chi connectivity index (χ0n) is 20.8. The molecule has 188 valence electrons. The van der Waals surface area contributed by atoms with Crippen LogP contribution in [0.25, 0.3) is 27.8 Å². The summed E-state index contributed by atoms with van der Waals surface area (Å²) in [6.07, 6.45) is 0. The van der Waals surface area contributed by atoms with Crippen LogP contribution < -0.4 is 11.0 Å². The van der Waals surface area contributed by atoms with Crippen molar-refractivity contribution in [1.29, 1.82) is 0 Å². The van der Waals surface area contributed by atoms with E-state index in [1.807, 2.05) is 37.3 Å². The summed E-state index contributed by atoms with van der Waals surface area (Å²) >= 11 is 0. The molecule has 0 spiro atoms. The third-order valence-electron chi connectivity index (χ3n) is 6.63. The third kappa shape index (κ3) is 4.12. The Bertz CT molecular complexity index is 1760. The van der Waals surface area contributed by atoms with Crippen LogP contribution in [0.5, 0.6) is 0 Å². The number of aryl methyl sites for hydroxylation is 1.